The second-order valence-corrected chi connectivity index (χ2v) is 4.62. The molecule has 0 atom stereocenters. The molecule has 0 saturated heterocycles. The van der Waals surface area contributed by atoms with Crippen LogP contribution in [0.4, 0.5) is 11.6 Å². The number of nitrogen functional groups attached to an aromatic ring is 1. The average molecular weight is 284 g/mol. The predicted molar refractivity (Wildman–Crippen MR) is 81.1 cm³/mol. The maximum absolute atomic E-state index is 9.26. The van der Waals surface area contributed by atoms with E-state index >= 15 is 0 Å². The van der Waals surface area contributed by atoms with Crippen LogP contribution in [0.15, 0.2) is 42.9 Å². The molecule has 0 amide bonds. The Labute approximate surface area is 121 Å². The topological polar surface area (TPSA) is 100 Å². The van der Waals surface area contributed by atoms with Crippen molar-refractivity contribution in [2.24, 2.45) is 5.84 Å². The zero-order valence-electron chi connectivity index (χ0n) is 11.3. The Bertz CT molecular complexity index is 737. The van der Waals surface area contributed by atoms with Crippen LogP contribution >= 0.6 is 0 Å². The molecule has 1 aromatic carbocycles. The fraction of sp³-hybridized carbons (Fsp3) is 0.143. The number of benzene rings is 1. The van der Waals surface area contributed by atoms with Crippen LogP contribution in [-0.2, 0) is 6.42 Å². The summed E-state index contributed by atoms with van der Waals surface area (Å²) < 4.78 is 1.85. The average Bonchev–Trinajstić information content (AvgIpc) is 2.97. The molecular formula is C14H16N6O. The Morgan fingerprint density at radius 1 is 1.24 bits per heavy atom. The van der Waals surface area contributed by atoms with Gasteiger partial charge in [-0.05, 0) is 24.1 Å². The number of aromatic hydroxyl groups is 1. The molecule has 2 heterocycles. The van der Waals surface area contributed by atoms with E-state index in [2.05, 4.69) is 20.7 Å². The first kappa shape index (κ1) is 13.2. The van der Waals surface area contributed by atoms with Gasteiger partial charge in [0.2, 0.25) is 0 Å². The Morgan fingerprint density at radius 3 is 2.81 bits per heavy atom. The molecule has 108 valence electrons. The number of nitrogens with one attached hydrogen (secondary N) is 2. The molecule has 3 rings (SSSR count). The number of nitrogens with zero attached hydrogens (tertiary/aromatic N) is 3. The van der Waals surface area contributed by atoms with Crippen molar-refractivity contribution >= 4 is 17.3 Å². The van der Waals surface area contributed by atoms with E-state index in [0.717, 1.165) is 17.6 Å². The lowest BCUT2D eigenvalue weighted by molar-refractivity contribution is 0.475. The van der Waals surface area contributed by atoms with Gasteiger partial charge in [0.1, 0.15) is 5.75 Å². The van der Waals surface area contributed by atoms with Gasteiger partial charge in [-0.3, -0.25) is 0 Å². The number of hydrogen-bond donors (Lipinski definition) is 4. The molecule has 3 aromatic rings. The Balaban J connectivity index is 1.72. The number of anilines is 2. The first-order valence-corrected chi connectivity index (χ1v) is 6.58. The van der Waals surface area contributed by atoms with Crippen LogP contribution in [0.1, 0.15) is 5.56 Å². The van der Waals surface area contributed by atoms with E-state index in [1.165, 1.54) is 0 Å². The summed E-state index contributed by atoms with van der Waals surface area (Å²) in [4.78, 5) is 8.63. The molecule has 0 aliphatic rings. The summed E-state index contributed by atoms with van der Waals surface area (Å²) in [5.41, 5.74) is 4.42. The summed E-state index contributed by atoms with van der Waals surface area (Å²) in [5, 5.41) is 12.5. The second-order valence-electron chi connectivity index (χ2n) is 4.62. The standard InChI is InChI=1S/C14H16N6O/c15-19-12-9-20-8-7-17-14(20)13(18-12)16-6-5-10-1-3-11(21)4-2-10/h1-4,7-9,19,21H,5-6,15H2,(H,16,18). The maximum atomic E-state index is 9.26. The zero-order chi connectivity index (χ0) is 14.7. The number of aromatic nitrogens is 3. The van der Waals surface area contributed by atoms with Gasteiger partial charge in [0.15, 0.2) is 17.3 Å². The lowest BCUT2D eigenvalue weighted by atomic mass is 10.1. The normalized spacial score (nSPS) is 10.7. The van der Waals surface area contributed by atoms with Gasteiger partial charge in [0, 0.05) is 18.9 Å². The van der Waals surface area contributed by atoms with E-state index < -0.39 is 0 Å². The van der Waals surface area contributed by atoms with Crippen molar-refractivity contribution in [3.8, 4) is 5.75 Å². The van der Waals surface area contributed by atoms with E-state index in [4.69, 9.17) is 5.84 Å². The molecule has 0 bridgehead atoms. The largest absolute Gasteiger partial charge is 0.508 e. The van der Waals surface area contributed by atoms with E-state index in [0.29, 0.717) is 18.2 Å². The van der Waals surface area contributed by atoms with Gasteiger partial charge >= 0.3 is 0 Å². The zero-order valence-corrected chi connectivity index (χ0v) is 11.3. The first-order valence-electron chi connectivity index (χ1n) is 6.58. The van der Waals surface area contributed by atoms with Crippen LogP contribution < -0.4 is 16.6 Å². The molecule has 0 aliphatic carbocycles. The van der Waals surface area contributed by atoms with Crippen LogP contribution in [0.25, 0.3) is 5.65 Å². The molecule has 5 N–H and O–H groups in total. The number of imidazole rings is 1. The third-order valence-electron chi connectivity index (χ3n) is 3.16. The highest BCUT2D eigenvalue weighted by Gasteiger charge is 2.06. The number of phenols is 1. The van der Waals surface area contributed by atoms with Gasteiger partial charge in [-0.2, -0.15) is 0 Å². The molecule has 21 heavy (non-hydrogen) atoms. The van der Waals surface area contributed by atoms with Crippen LogP contribution in [0.3, 0.4) is 0 Å². The molecule has 0 radical (unpaired) electrons. The van der Waals surface area contributed by atoms with Crippen molar-refractivity contribution in [1.29, 1.82) is 0 Å². The minimum Gasteiger partial charge on any atom is -0.508 e. The van der Waals surface area contributed by atoms with Gasteiger partial charge in [0.25, 0.3) is 0 Å². The summed E-state index contributed by atoms with van der Waals surface area (Å²) in [6, 6.07) is 7.15. The molecule has 7 nitrogen and oxygen atoms in total. The third kappa shape index (κ3) is 2.87. The first-order chi connectivity index (χ1) is 10.3. The molecule has 0 spiro atoms. The maximum Gasteiger partial charge on any atom is 0.180 e. The van der Waals surface area contributed by atoms with E-state index in [9.17, 15) is 5.11 Å². The minimum atomic E-state index is 0.272. The Hall–Kier alpha value is -2.80. The fourth-order valence-electron chi connectivity index (χ4n) is 2.11. The lowest BCUT2D eigenvalue weighted by Gasteiger charge is -2.09. The molecular weight excluding hydrogens is 268 g/mol. The van der Waals surface area contributed by atoms with Crippen molar-refractivity contribution in [3.05, 3.63) is 48.4 Å². The predicted octanol–water partition coefficient (Wildman–Crippen LogP) is 1.38. The van der Waals surface area contributed by atoms with Crippen LogP contribution in [0, 0.1) is 0 Å². The molecule has 0 aliphatic heterocycles. The number of fused-ring (bicyclic) bond motifs is 1. The lowest BCUT2D eigenvalue weighted by Crippen LogP contribution is -2.13. The summed E-state index contributed by atoms with van der Waals surface area (Å²) >= 11 is 0. The second kappa shape index (κ2) is 5.68. The van der Waals surface area contributed by atoms with E-state index in [-0.39, 0.29) is 5.75 Å². The van der Waals surface area contributed by atoms with Crippen LogP contribution in [0.2, 0.25) is 0 Å². The Kier molecular flexibility index (Phi) is 3.57. The van der Waals surface area contributed by atoms with Crippen molar-refractivity contribution in [1.82, 2.24) is 14.4 Å². The number of rotatable bonds is 5. The highest BCUT2D eigenvalue weighted by atomic mass is 16.3. The quantitative estimate of drug-likeness (QED) is 0.417. The van der Waals surface area contributed by atoms with E-state index in [1.807, 2.05) is 22.7 Å². The number of hydrazine groups is 1. The van der Waals surface area contributed by atoms with Gasteiger partial charge in [-0.25, -0.2) is 15.8 Å². The summed E-state index contributed by atoms with van der Waals surface area (Å²) in [6.45, 7) is 0.703. The van der Waals surface area contributed by atoms with Crippen LogP contribution in [0.5, 0.6) is 5.75 Å². The van der Waals surface area contributed by atoms with Crippen LogP contribution in [-0.4, -0.2) is 26.0 Å². The highest BCUT2D eigenvalue weighted by Crippen LogP contribution is 2.16. The van der Waals surface area contributed by atoms with Gasteiger partial charge in [-0.1, -0.05) is 12.1 Å². The number of hydrogen-bond acceptors (Lipinski definition) is 6. The smallest absolute Gasteiger partial charge is 0.180 e. The Morgan fingerprint density at radius 2 is 2.05 bits per heavy atom. The molecule has 7 heteroatoms. The molecule has 0 saturated carbocycles. The molecule has 0 unspecified atom stereocenters. The minimum absolute atomic E-state index is 0.272. The number of phenolic OH excluding ortho intramolecular Hbond substituents is 1. The summed E-state index contributed by atoms with van der Waals surface area (Å²) in [5.74, 6) is 6.92. The van der Waals surface area contributed by atoms with Gasteiger partial charge < -0.3 is 20.2 Å². The summed E-state index contributed by atoms with van der Waals surface area (Å²) in [6.07, 6.45) is 6.13. The highest BCUT2D eigenvalue weighted by molar-refractivity contribution is 5.65. The summed E-state index contributed by atoms with van der Waals surface area (Å²) in [7, 11) is 0. The fourth-order valence-corrected chi connectivity index (χ4v) is 2.11. The van der Waals surface area contributed by atoms with Crippen molar-refractivity contribution in [3.63, 3.8) is 0 Å². The van der Waals surface area contributed by atoms with Crippen molar-refractivity contribution in [2.75, 3.05) is 17.3 Å². The van der Waals surface area contributed by atoms with E-state index in [1.54, 1.807) is 24.5 Å². The van der Waals surface area contributed by atoms with Gasteiger partial charge in [0.05, 0.1) is 6.20 Å². The number of nitrogens with two attached hydrogens (primary N) is 1. The monoisotopic (exact) mass is 284 g/mol. The molecule has 0 fully saturated rings. The van der Waals surface area contributed by atoms with Crippen molar-refractivity contribution in [2.45, 2.75) is 6.42 Å². The SMILES string of the molecule is NNc1cn2ccnc2c(NCCc2ccc(O)cc2)n1. The molecule has 2 aromatic heterocycles. The third-order valence-corrected chi connectivity index (χ3v) is 3.16. The van der Waals surface area contributed by atoms with Gasteiger partial charge in [-0.15, -0.1) is 0 Å². The van der Waals surface area contributed by atoms with Crippen molar-refractivity contribution < 1.29 is 5.11 Å².